The summed E-state index contributed by atoms with van der Waals surface area (Å²) < 4.78 is 0. The maximum Gasteiger partial charge on any atom is 0.321 e. The second-order valence-corrected chi connectivity index (χ2v) is 5.96. The Morgan fingerprint density at radius 2 is 1.78 bits per heavy atom. The van der Waals surface area contributed by atoms with Crippen LogP contribution in [0.15, 0.2) is 0 Å². The van der Waals surface area contributed by atoms with Gasteiger partial charge in [-0.25, -0.2) is 4.79 Å². The molecule has 1 heterocycles. The average molecular weight is 350 g/mol. The van der Waals surface area contributed by atoms with Gasteiger partial charge in [0.1, 0.15) is 0 Å². The number of piperazine rings is 1. The summed E-state index contributed by atoms with van der Waals surface area (Å²) in [7, 11) is 1.69. The van der Waals surface area contributed by atoms with Gasteiger partial charge in [0.05, 0.1) is 13.1 Å². The Morgan fingerprint density at radius 3 is 2.35 bits per heavy atom. The van der Waals surface area contributed by atoms with E-state index < -0.39 is 11.9 Å². The minimum atomic E-state index is -0.500. The van der Waals surface area contributed by atoms with Crippen molar-refractivity contribution in [2.75, 3.05) is 52.9 Å². The molecule has 1 aliphatic rings. The van der Waals surface area contributed by atoms with Gasteiger partial charge >= 0.3 is 6.03 Å². The van der Waals surface area contributed by atoms with E-state index in [0.717, 1.165) is 13.1 Å². The Balaban J connectivity index is 0.00000484. The summed E-state index contributed by atoms with van der Waals surface area (Å²) in [5, 5.41) is 8.04. The highest BCUT2D eigenvalue weighted by Gasteiger charge is 2.19. The van der Waals surface area contributed by atoms with Gasteiger partial charge in [-0.1, -0.05) is 13.8 Å². The van der Waals surface area contributed by atoms with Gasteiger partial charge in [-0.05, 0) is 13.0 Å². The molecular formula is C14H28ClN5O3. The summed E-state index contributed by atoms with van der Waals surface area (Å²) in [4.78, 5) is 38.6. The normalized spacial score (nSPS) is 14.4. The Morgan fingerprint density at radius 1 is 1.17 bits per heavy atom. The summed E-state index contributed by atoms with van der Waals surface area (Å²) in [5.41, 5.74) is 0. The highest BCUT2D eigenvalue weighted by molar-refractivity contribution is 5.95. The van der Waals surface area contributed by atoms with E-state index in [1.165, 1.54) is 0 Å². The number of nitrogens with zero attached hydrogens (tertiary/aromatic N) is 2. The molecule has 23 heavy (non-hydrogen) atoms. The molecule has 134 valence electrons. The molecule has 0 bridgehead atoms. The van der Waals surface area contributed by atoms with E-state index in [4.69, 9.17) is 0 Å². The standard InChI is InChI=1S/C14H27N5O3.ClH/c1-11(2)8-16-14(22)17-12(20)9-18(3)10-13(21)19-6-4-15-5-7-19;/h11,15H,4-10H2,1-3H3,(H2,16,17,20,22);1H. The number of hydrogen-bond donors (Lipinski definition) is 3. The molecule has 3 N–H and O–H groups in total. The van der Waals surface area contributed by atoms with Crippen LogP contribution in [0.1, 0.15) is 13.8 Å². The predicted octanol–water partition coefficient (Wildman–Crippen LogP) is -0.746. The van der Waals surface area contributed by atoms with Crippen molar-refractivity contribution in [2.45, 2.75) is 13.8 Å². The number of rotatable bonds is 6. The van der Waals surface area contributed by atoms with Gasteiger partial charge in [0, 0.05) is 32.7 Å². The smallest absolute Gasteiger partial charge is 0.321 e. The van der Waals surface area contributed by atoms with E-state index in [9.17, 15) is 14.4 Å². The molecule has 0 radical (unpaired) electrons. The highest BCUT2D eigenvalue weighted by atomic mass is 35.5. The highest BCUT2D eigenvalue weighted by Crippen LogP contribution is 1.95. The molecule has 8 nitrogen and oxygen atoms in total. The van der Waals surface area contributed by atoms with Crippen LogP contribution in [0.3, 0.4) is 0 Å². The Labute approximate surface area is 143 Å². The van der Waals surface area contributed by atoms with Crippen LogP contribution < -0.4 is 16.0 Å². The predicted molar refractivity (Wildman–Crippen MR) is 90.6 cm³/mol. The van der Waals surface area contributed by atoms with Crippen LogP contribution in [0.5, 0.6) is 0 Å². The summed E-state index contributed by atoms with van der Waals surface area (Å²) >= 11 is 0. The molecule has 0 atom stereocenters. The zero-order valence-electron chi connectivity index (χ0n) is 14.1. The molecular weight excluding hydrogens is 322 g/mol. The molecule has 1 fully saturated rings. The Kier molecular flexibility index (Phi) is 10.5. The Hall–Kier alpha value is -1.38. The third kappa shape index (κ3) is 9.37. The van der Waals surface area contributed by atoms with Crippen molar-refractivity contribution in [1.29, 1.82) is 0 Å². The zero-order chi connectivity index (χ0) is 16.5. The molecule has 0 aromatic carbocycles. The number of halogens is 1. The van der Waals surface area contributed by atoms with Crippen LogP contribution in [0.2, 0.25) is 0 Å². The van der Waals surface area contributed by atoms with Crippen LogP contribution in [-0.4, -0.2) is 80.5 Å². The molecule has 0 aromatic heterocycles. The van der Waals surface area contributed by atoms with E-state index in [1.807, 2.05) is 13.8 Å². The first-order chi connectivity index (χ1) is 10.4. The van der Waals surface area contributed by atoms with E-state index in [2.05, 4.69) is 16.0 Å². The van der Waals surface area contributed by atoms with Crippen LogP contribution in [0, 0.1) is 5.92 Å². The van der Waals surface area contributed by atoms with Crippen molar-refractivity contribution in [1.82, 2.24) is 25.8 Å². The van der Waals surface area contributed by atoms with Crippen molar-refractivity contribution >= 4 is 30.3 Å². The summed E-state index contributed by atoms with van der Waals surface area (Å²) in [5.74, 6) is -0.0990. The van der Waals surface area contributed by atoms with E-state index in [0.29, 0.717) is 25.6 Å². The minimum absolute atomic E-state index is 0. The molecule has 1 rings (SSSR count). The van der Waals surface area contributed by atoms with Crippen molar-refractivity contribution in [3.05, 3.63) is 0 Å². The third-order valence-corrected chi connectivity index (χ3v) is 3.21. The van der Waals surface area contributed by atoms with E-state index >= 15 is 0 Å². The number of urea groups is 1. The monoisotopic (exact) mass is 349 g/mol. The van der Waals surface area contributed by atoms with Crippen molar-refractivity contribution in [3.8, 4) is 0 Å². The van der Waals surface area contributed by atoms with Gasteiger partial charge in [0.15, 0.2) is 0 Å². The largest absolute Gasteiger partial charge is 0.339 e. The molecule has 1 aliphatic heterocycles. The maximum absolute atomic E-state index is 12.0. The molecule has 0 spiro atoms. The van der Waals surface area contributed by atoms with Crippen molar-refractivity contribution < 1.29 is 14.4 Å². The number of carbonyl (C=O) groups excluding carboxylic acids is 3. The van der Waals surface area contributed by atoms with Crippen molar-refractivity contribution in [2.24, 2.45) is 5.92 Å². The number of imide groups is 1. The van der Waals surface area contributed by atoms with Gasteiger partial charge in [0.25, 0.3) is 0 Å². The number of hydrogen-bond acceptors (Lipinski definition) is 5. The first-order valence-corrected chi connectivity index (χ1v) is 7.63. The fourth-order valence-electron chi connectivity index (χ4n) is 2.05. The summed E-state index contributed by atoms with van der Waals surface area (Å²) in [6, 6.07) is -0.500. The first-order valence-electron chi connectivity index (χ1n) is 7.63. The number of likely N-dealkylation sites (N-methyl/N-ethyl adjacent to an activating group) is 1. The fourth-order valence-corrected chi connectivity index (χ4v) is 2.05. The lowest BCUT2D eigenvalue weighted by atomic mass is 10.2. The molecule has 0 aliphatic carbocycles. The summed E-state index contributed by atoms with van der Waals surface area (Å²) in [6.45, 7) is 7.60. The quantitative estimate of drug-likeness (QED) is 0.587. The lowest BCUT2D eigenvalue weighted by Crippen LogP contribution is -2.50. The van der Waals surface area contributed by atoms with Crippen molar-refractivity contribution in [3.63, 3.8) is 0 Å². The van der Waals surface area contributed by atoms with Crippen LogP contribution in [0.25, 0.3) is 0 Å². The van der Waals surface area contributed by atoms with E-state index in [-0.39, 0.29) is 31.4 Å². The lowest BCUT2D eigenvalue weighted by molar-refractivity contribution is -0.133. The van der Waals surface area contributed by atoms with Gasteiger partial charge < -0.3 is 15.5 Å². The SMILES string of the molecule is CC(C)CNC(=O)NC(=O)CN(C)CC(=O)N1CCNCC1.Cl. The Bertz CT molecular complexity index is 400. The van der Waals surface area contributed by atoms with Gasteiger partial charge in [-0.15, -0.1) is 12.4 Å². The third-order valence-electron chi connectivity index (χ3n) is 3.21. The molecule has 9 heteroatoms. The van der Waals surface area contributed by atoms with Crippen LogP contribution in [-0.2, 0) is 9.59 Å². The van der Waals surface area contributed by atoms with Crippen LogP contribution in [0.4, 0.5) is 4.79 Å². The minimum Gasteiger partial charge on any atom is -0.339 e. The van der Waals surface area contributed by atoms with Gasteiger partial charge in [-0.3, -0.25) is 19.8 Å². The fraction of sp³-hybridized carbons (Fsp3) is 0.786. The second-order valence-electron chi connectivity index (χ2n) is 5.96. The molecule has 0 unspecified atom stereocenters. The second kappa shape index (κ2) is 11.2. The van der Waals surface area contributed by atoms with Gasteiger partial charge in [-0.2, -0.15) is 0 Å². The summed E-state index contributed by atoms with van der Waals surface area (Å²) in [6.07, 6.45) is 0. The first kappa shape index (κ1) is 21.6. The molecule has 0 saturated carbocycles. The van der Waals surface area contributed by atoms with Gasteiger partial charge in [0.2, 0.25) is 11.8 Å². The lowest BCUT2D eigenvalue weighted by Gasteiger charge is -2.29. The topological polar surface area (TPSA) is 93.8 Å². The molecule has 0 aromatic rings. The zero-order valence-corrected chi connectivity index (χ0v) is 14.9. The van der Waals surface area contributed by atoms with E-state index in [1.54, 1.807) is 16.8 Å². The number of nitrogens with one attached hydrogen (secondary N) is 3. The maximum atomic E-state index is 12.0. The molecule has 4 amide bonds. The van der Waals surface area contributed by atoms with Crippen LogP contribution >= 0.6 is 12.4 Å². The molecule has 1 saturated heterocycles. The number of amides is 4. The number of carbonyl (C=O) groups is 3. The average Bonchev–Trinajstić information content (AvgIpc) is 2.45.